The molecule has 1 aromatic heterocycles. The zero-order valence-electron chi connectivity index (χ0n) is 14.1. The van der Waals surface area contributed by atoms with E-state index in [0.29, 0.717) is 22.8 Å². The van der Waals surface area contributed by atoms with Gasteiger partial charge in [0.25, 0.3) is 0 Å². The van der Waals surface area contributed by atoms with Crippen molar-refractivity contribution in [3.8, 4) is 17.1 Å². The van der Waals surface area contributed by atoms with Gasteiger partial charge in [0.15, 0.2) is 0 Å². The first-order valence-electron chi connectivity index (χ1n) is 8.20. The fourth-order valence-electron chi connectivity index (χ4n) is 3.39. The third-order valence-corrected chi connectivity index (χ3v) is 5.72. The maximum Gasteiger partial charge on any atom is 0.353 e. The highest BCUT2D eigenvalue weighted by atomic mass is 32.2. The van der Waals surface area contributed by atoms with Gasteiger partial charge in [-0.2, -0.15) is 0 Å². The molecule has 1 heterocycles. The Morgan fingerprint density at radius 1 is 1.12 bits per heavy atom. The molecule has 0 bridgehead atoms. The summed E-state index contributed by atoms with van der Waals surface area (Å²) in [5, 5.41) is 10.7. The summed E-state index contributed by atoms with van der Waals surface area (Å²) < 4.78 is 5.62. The van der Waals surface area contributed by atoms with E-state index in [4.69, 9.17) is 4.42 Å². The van der Waals surface area contributed by atoms with Crippen molar-refractivity contribution in [2.45, 2.75) is 30.9 Å². The number of rotatable bonds is 3. The minimum atomic E-state index is -0.468. The van der Waals surface area contributed by atoms with E-state index in [1.165, 1.54) is 11.8 Å². The summed E-state index contributed by atoms with van der Waals surface area (Å²) in [6, 6.07) is 14.0. The summed E-state index contributed by atoms with van der Waals surface area (Å²) in [4.78, 5) is 12.7. The van der Waals surface area contributed by atoms with Crippen LogP contribution in [0.1, 0.15) is 27.8 Å². The molecule has 4 rings (SSSR count). The first-order valence-corrected chi connectivity index (χ1v) is 9.19. The third kappa shape index (κ3) is 2.76. The van der Waals surface area contributed by atoms with E-state index in [0.717, 1.165) is 33.4 Å². The van der Waals surface area contributed by atoms with Crippen molar-refractivity contribution in [3.63, 3.8) is 0 Å². The fourth-order valence-corrected chi connectivity index (χ4v) is 4.31. The number of aromatic hydroxyl groups is 1. The van der Waals surface area contributed by atoms with E-state index in [9.17, 15) is 9.90 Å². The van der Waals surface area contributed by atoms with E-state index < -0.39 is 5.63 Å². The van der Waals surface area contributed by atoms with Gasteiger partial charge >= 0.3 is 5.63 Å². The van der Waals surface area contributed by atoms with Crippen molar-refractivity contribution in [3.05, 3.63) is 80.7 Å². The highest BCUT2D eigenvalue weighted by Gasteiger charge is 2.29. The molecule has 4 heteroatoms. The molecule has 126 valence electrons. The van der Waals surface area contributed by atoms with E-state index in [1.807, 2.05) is 43.3 Å². The third-order valence-electron chi connectivity index (χ3n) is 4.60. The van der Waals surface area contributed by atoms with Crippen LogP contribution in [0, 0.1) is 13.8 Å². The van der Waals surface area contributed by atoms with Crippen LogP contribution in [-0.2, 0) is 12.2 Å². The van der Waals surface area contributed by atoms with Crippen molar-refractivity contribution in [2.24, 2.45) is 0 Å². The van der Waals surface area contributed by atoms with Crippen LogP contribution < -0.4 is 5.63 Å². The first kappa shape index (κ1) is 16.0. The number of hydrogen-bond acceptors (Lipinski definition) is 4. The number of aryl methyl sites for hydroxylation is 2. The van der Waals surface area contributed by atoms with Gasteiger partial charge < -0.3 is 9.52 Å². The maximum atomic E-state index is 12.5. The number of fused-ring (bicyclic) bond motifs is 3. The largest absolute Gasteiger partial charge is 0.506 e. The number of hydrogen-bond donors (Lipinski definition) is 1. The Bertz CT molecular complexity index is 1020. The van der Waals surface area contributed by atoms with Gasteiger partial charge in [-0.15, -0.1) is 11.8 Å². The molecule has 0 spiro atoms. The minimum Gasteiger partial charge on any atom is -0.506 e. The summed E-state index contributed by atoms with van der Waals surface area (Å²) in [5.41, 5.74) is 5.69. The molecule has 0 saturated carbocycles. The van der Waals surface area contributed by atoms with Gasteiger partial charge in [0.2, 0.25) is 0 Å². The van der Waals surface area contributed by atoms with Gasteiger partial charge in [0, 0.05) is 23.3 Å². The standard InChI is InChI=1S/C21H18O3S/c1-12-8-13(2)15-10-17-18(22)20(21(23)24-19(17)16(15)9-12)25-11-14-6-4-3-5-7-14/h3-9,22H,10-11H2,1-2H3. The molecule has 0 atom stereocenters. The van der Waals surface area contributed by atoms with Crippen molar-refractivity contribution >= 4 is 11.8 Å². The molecule has 2 aromatic carbocycles. The lowest BCUT2D eigenvalue weighted by Gasteiger charge is -2.07. The average molecular weight is 350 g/mol. The van der Waals surface area contributed by atoms with Gasteiger partial charge in [0.1, 0.15) is 16.4 Å². The molecule has 3 aromatic rings. The summed E-state index contributed by atoms with van der Waals surface area (Å²) in [5.74, 6) is 1.21. The summed E-state index contributed by atoms with van der Waals surface area (Å²) >= 11 is 1.32. The molecular formula is C21H18O3S. The quantitative estimate of drug-likeness (QED) is 0.538. The Kier molecular flexibility index (Phi) is 3.92. The second-order valence-corrected chi connectivity index (χ2v) is 7.42. The predicted molar refractivity (Wildman–Crippen MR) is 100 cm³/mol. The minimum absolute atomic E-state index is 0.0698. The molecule has 0 fully saturated rings. The van der Waals surface area contributed by atoms with Gasteiger partial charge in [-0.1, -0.05) is 42.0 Å². The van der Waals surface area contributed by atoms with Crippen molar-refractivity contribution in [1.29, 1.82) is 0 Å². The molecule has 0 saturated heterocycles. The molecule has 25 heavy (non-hydrogen) atoms. The Hall–Kier alpha value is -2.46. The van der Waals surface area contributed by atoms with Gasteiger partial charge in [-0.3, -0.25) is 0 Å². The second-order valence-electron chi connectivity index (χ2n) is 6.43. The Labute approximate surface area is 150 Å². The van der Waals surface area contributed by atoms with Crippen LogP contribution in [0.3, 0.4) is 0 Å². The number of benzene rings is 2. The average Bonchev–Trinajstić information content (AvgIpc) is 2.95. The topological polar surface area (TPSA) is 50.4 Å². The van der Waals surface area contributed by atoms with E-state index in [-0.39, 0.29) is 5.75 Å². The van der Waals surface area contributed by atoms with Crippen LogP contribution in [0.5, 0.6) is 5.75 Å². The lowest BCUT2D eigenvalue weighted by Crippen LogP contribution is -2.04. The lowest BCUT2D eigenvalue weighted by atomic mass is 10.0. The summed E-state index contributed by atoms with van der Waals surface area (Å²) in [7, 11) is 0. The molecule has 0 aliphatic heterocycles. The molecular weight excluding hydrogens is 332 g/mol. The molecule has 1 aliphatic carbocycles. The smallest absolute Gasteiger partial charge is 0.353 e. The van der Waals surface area contributed by atoms with Crippen molar-refractivity contribution in [1.82, 2.24) is 0 Å². The summed E-state index contributed by atoms with van der Waals surface area (Å²) in [6.45, 7) is 4.07. The van der Waals surface area contributed by atoms with Crippen molar-refractivity contribution in [2.75, 3.05) is 0 Å². The zero-order chi connectivity index (χ0) is 17.6. The second kappa shape index (κ2) is 6.12. The Balaban J connectivity index is 1.74. The molecule has 3 nitrogen and oxygen atoms in total. The molecule has 1 N–H and O–H groups in total. The highest BCUT2D eigenvalue weighted by Crippen LogP contribution is 2.44. The Morgan fingerprint density at radius 3 is 2.64 bits per heavy atom. The molecule has 1 aliphatic rings. The van der Waals surface area contributed by atoms with Crippen LogP contribution in [0.4, 0.5) is 0 Å². The Morgan fingerprint density at radius 2 is 1.88 bits per heavy atom. The van der Waals surface area contributed by atoms with E-state index in [2.05, 4.69) is 13.0 Å². The first-order chi connectivity index (χ1) is 12.0. The fraction of sp³-hybridized carbons (Fsp3) is 0.190. The van der Waals surface area contributed by atoms with E-state index >= 15 is 0 Å². The van der Waals surface area contributed by atoms with E-state index in [1.54, 1.807) is 0 Å². The summed E-state index contributed by atoms with van der Waals surface area (Å²) in [6.07, 6.45) is 0.602. The SMILES string of the molecule is Cc1cc(C)c2c(c1)-c1oc(=O)c(SCc3ccccc3)c(O)c1C2. The monoisotopic (exact) mass is 350 g/mol. The predicted octanol–water partition coefficient (Wildman–Crippen LogP) is 4.83. The molecule has 0 radical (unpaired) electrons. The molecule has 0 unspecified atom stereocenters. The zero-order valence-corrected chi connectivity index (χ0v) is 14.9. The van der Waals surface area contributed by atoms with Crippen LogP contribution in [0.15, 0.2) is 56.6 Å². The van der Waals surface area contributed by atoms with Crippen LogP contribution in [0.25, 0.3) is 11.3 Å². The lowest BCUT2D eigenvalue weighted by molar-refractivity contribution is 0.424. The van der Waals surface area contributed by atoms with Gasteiger partial charge in [-0.25, -0.2) is 4.79 Å². The molecule has 0 amide bonds. The normalized spacial score (nSPS) is 12.1. The highest BCUT2D eigenvalue weighted by molar-refractivity contribution is 7.98. The van der Waals surface area contributed by atoms with Gasteiger partial charge in [-0.05, 0) is 36.6 Å². The maximum absolute atomic E-state index is 12.5. The van der Waals surface area contributed by atoms with Crippen LogP contribution in [-0.4, -0.2) is 5.11 Å². The van der Waals surface area contributed by atoms with Crippen molar-refractivity contribution < 1.29 is 9.52 Å². The van der Waals surface area contributed by atoms with Gasteiger partial charge in [0.05, 0.1) is 0 Å². The van der Waals surface area contributed by atoms with Crippen LogP contribution in [0.2, 0.25) is 0 Å². The number of thioether (sulfide) groups is 1. The van der Waals surface area contributed by atoms with Crippen LogP contribution >= 0.6 is 11.8 Å².